The molecular formula is C14H26N2O3. The Morgan fingerprint density at radius 1 is 1.37 bits per heavy atom. The zero-order valence-electron chi connectivity index (χ0n) is 12.0. The van der Waals surface area contributed by atoms with Crippen molar-refractivity contribution >= 4 is 11.9 Å². The normalized spacial score (nSPS) is 24.8. The van der Waals surface area contributed by atoms with Crippen molar-refractivity contribution in [3.63, 3.8) is 0 Å². The lowest BCUT2D eigenvalue weighted by Gasteiger charge is -2.36. The van der Waals surface area contributed by atoms with Crippen molar-refractivity contribution < 1.29 is 14.7 Å². The molecule has 3 unspecified atom stereocenters. The zero-order valence-corrected chi connectivity index (χ0v) is 12.0. The van der Waals surface area contributed by atoms with Crippen LogP contribution in [0.15, 0.2) is 0 Å². The fraction of sp³-hybridized carbons (Fsp3) is 0.857. The van der Waals surface area contributed by atoms with E-state index in [1.54, 1.807) is 11.8 Å². The minimum Gasteiger partial charge on any atom is -0.481 e. The smallest absolute Gasteiger partial charge is 0.305 e. The van der Waals surface area contributed by atoms with E-state index in [9.17, 15) is 9.59 Å². The van der Waals surface area contributed by atoms with Crippen LogP contribution < -0.4 is 5.73 Å². The number of nitrogens with zero attached hydrogens (tertiary/aromatic N) is 1. The van der Waals surface area contributed by atoms with Crippen molar-refractivity contribution in [3.05, 3.63) is 0 Å². The van der Waals surface area contributed by atoms with E-state index in [1.807, 2.05) is 6.92 Å². The summed E-state index contributed by atoms with van der Waals surface area (Å²) in [5.74, 6) is -0.536. The van der Waals surface area contributed by atoms with Crippen LogP contribution in [0.1, 0.15) is 46.0 Å². The fourth-order valence-corrected chi connectivity index (χ4v) is 3.08. The maximum absolute atomic E-state index is 12.6. The SMILES string of the molecule is CCN(C(=O)C1CCCCC1CN)C(C)CC(=O)O. The number of nitrogens with two attached hydrogens (primary N) is 1. The van der Waals surface area contributed by atoms with Gasteiger partial charge < -0.3 is 15.7 Å². The van der Waals surface area contributed by atoms with E-state index in [0.29, 0.717) is 13.1 Å². The molecule has 0 radical (unpaired) electrons. The average molecular weight is 270 g/mol. The van der Waals surface area contributed by atoms with Gasteiger partial charge in [0, 0.05) is 18.5 Å². The Bertz CT molecular complexity index is 320. The lowest BCUT2D eigenvalue weighted by Crippen LogP contribution is -2.46. The highest BCUT2D eigenvalue weighted by Crippen LogP contribution is 2.31. The number of carboxylic acids is 1. The summed E-state index contributed by atoms with van der Waals surface area (Å²) in [6, 6.07) is -0.254. The lowest BCUT2D eigenvalue weighted by atomic mass is 9.78. The van der Waals surface area contributed by atoms with Gasteiger partial charge in [-0.25, -0.2) is 0 Å². The highest BCUT2D eigenvalue weighted by molar-refractivity contribution is 5.80. The van der Waals surface area contributed by atoms with Crippen molar-refractivity contribution in [2.75, 3.05) is 13.1 Å². The first kappa shape index (κ1) is 16.0. The summed E-state index contributed by atoms with van der Waals surface area (Å²) in [7, 11) is 0. The molecule has 5 nitrogen and oxygen atoms in total. The molecule has 3 atom stereocenters. The van der Waals surface area contributed by atoms with Crippen LogP contribution in [0.25, 0.3) is 0 Å². The summed E-state index contributed by atoms with van der Waals surface area (Å²) in [6.07, 6.45) is 4.11. The maximum atomic E-state index is 12.6. The molecule has 5 heteroatoms. The Morgan fingerprint density at radius 3 is 2.53 bits per heavy atom. The highest BCUT2D eigenvalue weighted by Gasteiger charge is 2.34. The maximum Gasteiger partial charge on any atom is 0.305 e. The van der Waals surface area contributed by atoms with Crippen LogP contribution in [0.2, 0.25) is 0 Å². The largest absolute Gasteiger partial charge is 0.481 e. The lowest BCUT2D eigenvalue weighted by molar-refractivity contribution is -0.143. The minimum absolute atomic E-state index is 0.000405. The van der Waals surface area contributed by atoms with E-state index >= 15 is 0 Å². The summed E-state index contributed by atoms with van der Waals surface area (Å²) in [5.41, 5.74) is 5.77. The predicted octanol–water partition coefficient (Wildman–Crippen LogP) is 1.46. The molecule has 0 saturated heterocycles. The molecule has 0 spiro atoms. The molecule has 1 aliphatic carbocycles. The molecule has 3 N–H and O–H groups in total. The van der Waals surface area contributed by atoms with Crippen molar-refractivity contribution in [1.82, 2.24) is 4.90 Å². The third kappa shape index (κ3) is 4.20. The Morgan fingerprint density at radius 2 is 2.00 bits per heavy atom. The number of carbonyl (C=O) groups excluding carboxylic acids is 1. The molecule has 0 aliphatic heterocycles. The van der Waals surface area contributed by atoms with E-state index in [-0.39, 0.29) is 30.2 Å². The first-order chi connectivity index (χ1) is 9.01. The number of hydrogen-bond donors (Lipinski definition) is 2. The van der Waals surface area contributed by atoms with E-state index < -0.39 is 5.97 Å². The van der Waals surface area contributed by atoms with Gasteiger partial charge in [0.15, 0.2) is 0 Å². The van der Waals surface area contributed by atoms with Crippen molar-refractivity contribution in [2.45, 2.75) is 52.0 Å². The molecule has 1 saturated carbocycles. The van der Waals surface area contributed by atoms with Crippen molar-refractivity contribution in [1.29, 1.82) is 0 Å². The van der Waals surface area contributed by atoms with E-state index in [1.165, 1.54) is 0 Å². The van der Waals surface area contributed by atoms with E-state index in [2.05, 4.69) is 0 Å². The predicted molar refractivity (Wildman–Crippen MR) is 73.6 cm³/mol. The van der Waals surface area contributed by atoms with Gasteiger partial charge in [-0.3, -0.25) is 9.59 Å². The quantitative estimate of drug-likeness (QED) is 0.765. The molecule has 1 fully saturated rings. The standard InChI is InChI=1S/C14H26N2O3/c1-3-16(10(2)8-13(17)18)14(19)12-7-5-4-6-11(12)9-15/h10-12H,3-9,15H2,1-2H3,(H,17,18). The minimum atomic E-state index is -0.863. The topological polar surface area (TPSA) is 83.6 Å². The fourth-order valence-electron chi connectivity index (χ4n) is 3.08. The molecular weight excluding hydrogens is 244 g/mol. The number of rotatable bonds is 6. The van der Waals surface area contributed by atoms with Crippen LogP contribution in [0.3, 0.4) is 0 Å². The first-order valence-corrected chi connectivity index (χ1v) is 7.23. The second kappa shape index (κ2) is 7.48. The van der Waals surface area contributed by atoms with Crippen LogP contribution in [-0.2, 0) is 9.59 Å². The van der Waals surface area contributed by atoms with Gasteiger partial charge in [0.2, 0.25) is 5.91 Å². The Kier molecular flexibility index (Phi) is 6.28. The summed E-state index contributed by atoms with van der Waals surface area (Å²) >= 11 is 0. The highest BCUT2D eigenvalue weighted by atomic mass is 16.4. The molecule has 1 aliphatic rings. The summed E-state index contributed by atoms with van der Waals surface area (Å²) < 4.78 is 0. The van der Waals surface area contributed by atoms with E-state index in [4.69, 9.17) is 10.8 Å². The van der Waals surface area contributed by atoms with Crippen LogP contribution in [0.4, 0.5) is 0 Å². The van der Waals surface area contributed by atoms with Crippen LogP contribution in [-0.4, -0.2) is 41.0 Å². The number of aliphatic carboxylic acids is 1. The number of carboxylic acid groups (broad SMARTS) is 1. The second-order valence-electron chi connectivity index (χ2n) is 5.46. The van der Waals surface area contributed by atoms with Crippen LogP contribution in [0, 0.1) is 11.8 Å². The molecule has 0 bridgehead atoms. The van der Waals surface area contributed by atoms with Gasteiger partial charge in [0.1, 0.15) is 0 Å². The number of hydrogen-bond acceptors (Lipinski definition) is 3. The molecule has 19 heavy (non-hydrogen) atoms. The molecule has 110 valence electrons. The Balaban J connectivity index is 2.73. The monoisotopic (exact) mass is 270 g/mol. The van der Waals surface area contributed by atoms with Gasteiger partial charge in [-0.2, -0.15) is 0 Å². The van der Waals surface area contributed by atoms with Gasteiger partial charge in [0.25, 0.3) is 0 Å². The number of carbonyl (C=O) groups is 2. The van der Waals surface area contributed by atoms with Gasteiger partial charge >= 0.3 is 5.97 Å². The van der Waals surface area contributed by atoms with Gasteiger partial charge in [-0.15, -0.1) is 0 Å². The zero-order chi connectivity index (χ0) is 14.4. The van der Waals surface area contributed by atoms with Gasteiger partial charge in [-0.05, 0) is 39.2 Å². The average Bonchev–Trinajstić information content (AvgIpc) is 2.38. The molecule has 0 heterocycles. The molecule has 0 aromatic rings. The molecule has 0 aromatic carbocycles. The van der Waals surface area contributed by atoms with E-state index in [0.717, 1.165) is 25.7 Å². The van der Waals surface area contributed by atoms with Crippen molar-refractivity contribution in [2.24, 2.45) is 17.6 Å². The molecule has 1 rings (SSSR count). The van der Waals surface area contributed by atoms with Crippen LogP contribution >= 0.6 is 0 Å². The van der Waals surface area contributed by atoms with Crippen molar-refractivity contribution in [3.8, 4) is 0 Å². The van der Waals surface area contributed by atoms with Gasteiger partial charge in [-0.1, -0.05) is 12.8 Å². The van der Waals surface area contributed by atoms with Gasteiger partial charge in [0.05, 0.1) is 6.42 Å². The third-order valence-electron chi connectivity index (χ3n) is 4.15. The Labute approximate surface area is 115 Å². The first-order valence-electron chi connectivity index (χ1n) is 7.23. The summed E-state index contributed by atoms with van der Waals surface area (Å²) in [4.78, 5) is 25.1. The molecule has 0 aromatic heterocycles. The molecule has 1 amide bonds. The second-order valence-corrected chi connectivity index (χ2v) is 5.46. The number of amides is 1. The Hall–Kier alpha value is -1.10. The summed E-state index contributed by atoms with van der Waals surface area (Å²) in [6.45, 7) is 4.80. The third-order valence-corrected chi connectivity index (χ3v) is 4.15. The summed E-state index contributed by atoms with van der Waals surface area (Å²) in [5, 5.41) is 8.86. The van der Waals surface area contributed by atoms with Crippen LogP contribution in [0.5, 0.6) is 0 Å².